The van der Waals surface area contributed by atoms with Crippen molar-refractivity contribution in [3.8, 4) is 12.3 Å². The summed E-state index contributed by atoms with van der Waals surface area (Å²) >= 11 is 1.23. The van der Waals surface area contributed by atoms with Crippen LogP contribution in [0.15, 0.2) is 52.4 Å². The number of esters is 1. The van der Waals surface area contributed by atoms with E-state index in [1.807, 2.05) is 0 Å². The topological polar surface area (TPSA) is 98.0 Å². The van der Waals surface area contributed by atoms with E-state index >= 15 is 0 Å². The van der Waals surface area contributed by atoms with Crippen molar-refractivity contribution in [1.82, 2.24) is 8.87 Å². The number of hydrogen-bond acceptors (Lipinski definition) is 6. The zero-order valence-corrected chi connectivity index (χ0v) is 22.5. The first-order valence-electron chi connectivity index (χ1n) is 12.2. The molecular formula is C27H29N3O5S2. The Labute approximate surface area is 220 Å². The van der Waals surface area contributed by atoms with E-state index in [-0.39, 0.29) is 29.7 Å². The summed E-state index contributed by atoms with van der Waals surface area (Å²) in [6.07, 6.45) is 10.5. The van der Waals surface area contributed by atoms with Crippen LogP contribution in [-0.4, -0.2) is 48.9 Å². The van der Waals surface area contributed by atoms with Crippen molar-refractivity contribution >= 4 is 43.5 Å². The van der Waals surface area contributed by atoms with Crippen LogP contribution in [0.1, 0.15) is 59.7 Å². The van der Waals surface area contributed by atoms with Gasteiger partial charge in [0.2, 0.25) is 10.0 Å². The van der Waals surface area contributed by atoms with Crippen LogP contribution < -0.4 is 4.80 Å². The van der Waals surface area contributed by atoms with Crippen molar-refractivity contribution in [2.45, 2.75) is 56.5 Å². The number of nitrogens with zero attached hydrogens (tertiary/aromatic N) is 3. The molecule has 10 heteroatoms. The predicted octanol–water partition coefficient (Wildman–Crippen LogP) is 4.21. The van der Waals surface area contributed by atoms with Gasteiger partial charge < -0.3 is 9.30 Å². The molecule has 1 heterocycles. The molecule has 1 saturated carbocycles. The van der Waals surface area contributed by atoms with Crippen molar-refractivity contribution in [3.63, 3.8) is 0 Å². The minimum atomic E-state index is -3.66. The summed E-state index contributed by atoms with van der Waals surface area (Å²) in [6, 6.07) is 10.9. The maximum absolute atomic E-state index is 13.1. The standard InChI is InChI=1S/C27H29N3O5S2/c1-4-17-30-23-16-13-20(26(32)35-5-2)18-24(23)36-27(30)28-25(31)19-11-14-22(15-12-19)37(33,34)29(3)21-9-7-6-8-10-21/h1,11-16,18,21H,5-10,17H2,2-3H3. The molecular weight excluding hydrogens is 510 g/mol. The molecule has 0 bridgehead atoms. The van der Waals surface area contributed by atoms with E-state index < -0.39 is 21.9 Å². The molecule has 194 valence electrons. The molecule has 0 aliphatic heterocycles. The highest BCUT2D eigenvalue weighted by atomic mass is 32.2. The SMILES string of the molecule is C#CCn1c(=NC(=O)c2ccc(S(=O)(=O)N(C)C3CCCCC3)cc2)sc2cc(C(=O)OCC)ccc21. The molecule has 0 saturated heterocycles. The molecule has 0 unspecified atom stereocenters. The van der Waals surface area contributed by atoms with Crippen molar-refractivity contribution < 1.29 is 22.7 Å². The average molecular weight is 540 g/mol. The van der Waals surface area contributed by atoms with Crippen LogP contribution in [0.5, 0.6) is 0 Å². The molecule has 0 atom stereocenters. The van der Waals surface area contributed by atoms with E-state index in [9.17, 15) is 18.0 Å². The molecule has 8 nitrogen and oxygen atoms in total. The Kier molecular flexibility index (Phi) is 8.27. The number of carbonyl (C=O) groups is 2. The lowest BCUT2D eigenvalue weighted by molar-refractivity contribution is 0.0526. The second kappa shape index (κ2) is 11.4. The van der Waals surface area contributed by atoms with Gasteiger partial charge >= 0.3 is 5.97 Å². The number of benzene rings is 2. The highest BCUT2D eigenvalue weighted by Gasteiger charge is 2.29. The van der Waals surface area contributed by atoms with Crippen molar-refractivity contribution in [2.24, 2.45) is 4.99 Å². The van der Waals surface area contributed by atoms with Gasteiger partial charge in [-0.3, -0.25) is 4.79 Å². The summed E-state index contributed by atoms with van der Waals surface area (Å²) in [5.74, 6) is 1.62. The third-order valence-corrected chi connectivity index (χ3v) is 9.47. The third kappa shape index (κ3) is 5.69. The number of sulfonamides is 1. The van der Waals surface area contributed by atoms with Gasteiger partial charge in [-0.15, -0.1) is 6.42 Å². The lowest BCUT2D eigenvalue weighted by atomic mass is 9.96. The van der Waals surface area contributed by atoms with Crippen LogP contribution in [-0.2, 0) is 21.3 Å². The van der Waals surface area contributed by atoms with Gasteiger partial charge in [0.15, 0.2) is 4.80 Å². The minimum absolute atomic E-state index is 0.000959. The van der Waals surface area contributed by atoms with Gasteiger partial charge in [0.25, 0.3) is 5.91 Å². The largest absolute Gasteiger partial charge is 0.462 e. The number of carbonyl (C=O) groups excluding carboxylic acids is 2. The van der Waals surface area contributed by atoms with Gasteiger partial charge in [-0.2, -0.15) is 9.30 Å². The van der Waals surface area contributed by atoms with E-state index in [4.69, 9.17) is 11.2 Å². The maximum atomic E-state index is 13.1. The fraction of sp³-hybridized carbons (Fsp3) is 0.370. The number of fused-ring (bicyclic) bond motifs is 1. The Morgan fingerprint density at radius 2 is 1.81 bits per heavy atom. The highest BCUT2D eigenvalue weighted by molar-refractivity contribution is 7.89. The van der Waals surface area contributed by atoms with Crippen LogP contribution in [0.4, 0.5) is 0 Å². The van der Waals surface area contributed by atoms with Gasteiger partial charge in [0, 0.05) is 18.7 Å². The van der Waals surface area contributed by atoms with Gasteiger partial charge in [-0.1, -0.05) is 36.5 Å². The first kappa shape index (κ1) is 26.8. The Morgan fingerprint density at radius 1 is 1.14 bits per heavy atom. The quantitative estimate of drug-likeness (QED) is 0.331. The molecule has 0 spiro atoms. The lowest BCUT2D eigenvalue weighted by Crippen LogP contribution is -2.38. The number of hydrogen-bond donors (Lipinski definition) is 0. The van der Waals surface area contributed by atoms with Crippen LogP contribution in [0.3, 0.4) is 0 Å². The Bertz CT molecular complexity index is 1520. The number of thiazole rings is 1. The summed E-state index contributed by atoms with van der Waals surface area (Å²) in [4.78, 5) is 29.9. The first-order valence-corrected chi connectivity index (χ1v) is 14.4. The molecule has 0 radical (unpaired) electrons. The predicted molar refractivity (Wildman–Crippen MR) is 143 cm³/mol. The minimum Gasteiger partial charge on any atom is -0.462 e. The van der Waals surface area contributed by atoms with E-state index in [0.29, 0.717) is 10.4 Å². The van der Waals surface area contributed by atoms with Crippen molar-refractivity contribution in [2.75, 3.05) is 13.7 Å². The molecule has 1 aliphatic rings. The average Bonchev–Trinajstić information content (AvgIpc) is 3.25. The van der Waals surface area contributed by atoms with Gasteiger partial charge in [-0.25, -0.2) is 13.2 Å². The van der Waals surface area contributed by atoms with E-state index in [1.54, 1.807) is 36.7 Å². The zero-order valence-electron chi connectivity index (χ0n) is 20.8. The molecule has 37 heavy (non-hydrogen) atoms. The van der Waals surface area contributed by atoms with Crippen LogP contribution in [0.25, 0.3) is 10.2 Å². The third-order valence-electron chi connectivity index (χ3n) is 6.51. The van der Waals surface area contributed by atoms with Crippen LogP contribution in [0.2, 0.25) is 0 Å². The van der Waals surface area contributed by atoms with Gasteiger partial charge in [0.05, 0.1) is 33.8 Å². The lowest BCUT2D eigenvalue weighted by Gasteiger charge is -2.30. The molecule has 2 aromatic carbocycles. The summed E-state index contributed by atoms with van der Waals surface area (Å²) in [6.45, 7) is 2.20. The van der Waals surface area contributed by atoms with Gasteiger partial charge in [0.1, 0.15) is 0 Å². The maximum Gasteiger partial charge on any atom is 0.338 e. The van der Waals surface area contributed by atoms with Crippen molar-refractivity contribution in [3.05, 3.63) is 58.4 Å². The molecule has 1 aliphatic carbocycles. The summed E-state index contributed by atoms with van der Waals surface area (Å²) in [5, 5.41) is 0. The Morgan fingerprint density at radius 3 is 2.46 bits per heavy atom. The Balaban J connectivity index is 1.63. The van der Waals surface area contributed by atoms with E-state index in [2.05, 4.69) is 10.9 Å². The van der Waals surface area contributed by atoms with Gasteiger partial charge in [-0.05, 0) is 62.2 Å². The Hall–Kier alpha value is -3.26. The zero-order chi connectivity index (χ0) is 26.6. The highest BCUT2D eigenvalue weighted by Crippen LogP contribution is 2.27. The summed E-state index contributed by atoms with van der Waals surface area (Å²) in [7, 11) is -2.03. The van der Waals surface area contributed by atoms with Crippen LogP contribution >= 0.6 is 11.3 Å². The van der Waals surface area contributed by atoms with E-state index in [1.165, 1.54) is 39.9 Å². The number of aromatic nitrogens is 1. The fourth-order valence-electron chi connectivity index (χ4n) is 4.47. The fourth-order valence-corrected chi connectivity index (χ4v) is 6.95. The molecule has 1 amide bonds. The van der Waals surface area contributed by atoms with E-state index in [0.717, 1.165) is 42.3 Å². The molecule has 4 rings (SSSR count). The number of ether oxygens (including phenoxy) is 1. The monoisotopic (exact) mass is 539 g/mol. The molecule has 3 aromatic rings. The molecule has 1 fully saturated rings. The smallest absolute Gasteiger partial charge is 0.338 e. The first-order chi connectivity index (χ1) is 17.8. The van der Waals surface area contributed by atoms with Crippen molar-refractivity contribution in [1.29, 1.82) is 0 Å². The molecule has 0 N–H and O–H groups in total. The summed E-state index contributed by atoms with van der Waals surface area (Å²) in [5.41, 5.74) is 1.40. The normalized spacial score (nSPS) is 15.1. The number of amides is 1. The number of rotatable bonds is 7. The molecule has 1 aromatic heterocycles. The summed E-state index contributed by atoms with van der Waals surface area (Å²) < 4.78 is 35.2. The second-order valence-corrected chi connectivity index (χ2v) is 11.8. The van der Waals surface area contributed by atoms with Crippen LogP contribution in [0, 0.1) is 12.3 Å². The second-order valence-electron chi connectivity index (χ2n) is 8.83. The number of terminal acetylenes is 1.